The minimum absolute atomic E-state index is 0.117. The molecule has 0 spiro atoms. The van der Waals surface area contributed by atoms with Crippen molar-refractivity contribution in [1.29, 1.82) is 0 Å². The maximum Gasteiger partial charge on any atom is 0.326 e. The van der Waals surface area contributed by atoms with Crippen LogP contribution in [0.25, 0.3) is 0 Å². The first-order valence-electron chi connectivity index (χ1n) is 3.97. The predicted molar refractivity (Wildman–Crippen MR) is 43.1 cm³/mol. The smallest absolute Gasteiger partial charge is 0.326 e. The zero-order valence-electron chi connectivity index (χ0n) is 6.38. The van der Waals surface area contributed by atoms with Crippen LogP contribution in [0.5, 0.6) is 0 Å². The molecule has 0 aromatic rings. The van der Waals surface area contributed by atoms with Gasteiger partial charge in [-0.1, -0.05) is 6.42 Å². The molecule has 0 heterocycles. The first-order valence-corrected chi connectivity index (χ1v) is 4.40. The largest absolute Gasteiger partial charge is 0.461 e. The fourth-order valence-corrected chi connectivity index (χ4v) is 1.42. The van der Waals surface area contributed by atoms with Gasteiger partial charge in [0.25, 0.3) is 0 Å². The molecule has 1 saturated carbocycles. The van der Waals surface area contributed by atoms with Gasteiger partial charge in [-0.2, -0.15) is 0 Å². The molecule has 1 aliphatic carbocycles. The van der Waals surface area contributed by atoms with Gasteiger partial charge in [0, 0.05) is 0 Å². The van der Waals surface area contributed by atoms with Crippen LogP contribution < -0.4 is 0 Å². The molecule has 3 heteroatoms. The average molecular weight is 176 g/mol. The van der Waals surface area contributed by atoms with Crippen LogP contribution in [0.15, 0.2) is 0 Å². The molecule has 1 fully saturated rings. The third-order valence-corrected chi connectivity index (χ3v) is 2.10. The van der Waals surface area contributed by atoms with Crippen LogP contribution in [0, 0.1) is 5.88 Å². The lowest BCUT2D eigenvalue weighted by atomic mass is 9.98. The van der Waals surface area contributed by atoms with Crippen molar-refractivity contribution in [2.45, 2.75) is 38.2 Å². The molecule has 1 aliphatic rings. The van der Waals surface area contributed by atoms with E-state index in [1.54, 1.807) is 0 Å². The summed E-state index contributed by atoms with van der Waals surface area (Å²) in [5.74, 6) is 0.549. The lowest BCUT2D eigenvalue weighted by Crippen LogP contribution is -2.20. The van der Waals surface area contributed by atoms with E-state index in [4.69, 9.17) is 16.3 Å². The van der Waals surface area contributed by atoms with Crippen LogP contribution in [0.1, 0.15) is 32.1 Å². The molecule has 0 aromatic carbocycles. The highest BCUT2D eigenvalue weighted by Gasteiger charge is 2.16. The Morgan fingerprint density at radius 2 is 2.00 bits per heavy atom. The number of ether oxygens (including phenoxy) is 1. The van der Waals surface area contributed by atoms with Crippen LogP contribution >= 0.6 is 11.6 Å². The van der Waals surface area contributed by atoms with Crippen LogP contribution in [0.4, 0.5) is 0 Å². The van der Waals surface area contributed by atoms with E-state index in [1.165, 1.54) is 19.3 Å². The molecule has 11 heavy (non-hydrogen) atoms. The highest BCUT2D eigenvalue weighted by molar-refractivity contribution is 6.33. The molecule has 2 nitrogen and oxygen atoms in total. The van der Waals surface area contributed by atoms with Gasteiger partial charge in [-0.3, -0.25) is 4.79 Å². The van der Waals surface area contributed by atoms with Gasteiger partial charge in [-0.05, 0) is 25.7 Å². The van der Waals surface area contributed by atoms with Gasteiger partial charge >= 0.3 is 5.97 Å². The maximum absolute atomic E-state index is 10.7. The van der Waals surface area contributed by atoms with Gasteiger partial charge in [0.1, 0.15) is 6.10 Å². The lowest BCUT2D eigenvalue weighted by Gasteiger charge is -2.20. The molecular formula is C8H12ClO2. The molecule has 0 unspecified atom stereocenters. The van der Waals surface area contributed by atoms with Crippen molar-refractivity contribution in [3.05, 3.63) is 5.88 Å². The molecule has 1 radical (unpaired) electrons. The molecule has 0 aromatic heterocycles. The second-order valence-electron chi connectivity index (χ2n) is 2.81. The first-order chi connectivity index (χ1) is 5.33. The molecule has 0 aliphatic heterocycles. The third-order valence-electron chi connectivity index (χ3n) is 1.92. The summed E-state index contributed by atoms with van der Waals surface area (Å²) in [6.45, 7) is 0. The molecule has 63 valence electrons. The Morgan fingerprint density at radius 1 is 1.36 bits per heavy atom. The summed E-state index contributed by atoms with van der Waals surface area (Å²) in [7, 11) is 0. The van der Waals surface area contributed by atoms with Gasteiger partial charge in [0.15, 0.2) is 5.88 Å². The summed E-state index contributed by atoms with van der Waals surface area (Å²) in [5.41, 5.74) is 0. The van der Waals surface area contributed by atoms with E-state index in [0.29, 0.717) is 0 Å². The van der Waals surface area contributed by atoms with Crippen molar-refractivity contribution in [3.8, 4) is 0 Å². The van der Waals surface area contributed by atoms with Crippen molar-refractivity contribution >= 4 is 17.6 Å². The number of hydrogen-bond acceptors (Lipinski definition) is 2. The molecule has 0 amide bonds. The molecule has 0 N–H and O–H groups in total. The van der Waals surface area contributed by atoms with E-state index < -0.39 is 5.97 Å². The fraction of sp³-hybridized carbons (Fsp3) is 0.750. The van der Waals surface area contributed by atoms with Crippen molar-refractivity contribution in [1.82, 2.24) is 0 Å². The Morgan fingerprint density at radius 3 is 2.55 bits per heavy atom. The van der Waals surface area contributed by atoms with Gasteiger partial charge < -0.3 is 4.74 Å². The zero-order chi connectivity index (χ0) is 8.10. The van der Waals surface area contributed by atoms with Crippen LogP contribution in [0.2, 0.25) is 0 Å². The summed E-state index contributed by atoms with van der Waals surface area (Å²) in [6, 6.07) is 0. The van der Waals surface area contributed by atoms with E-state index in [1.807, 2.05) is 0 Å². The van der Waals surface area contributed by atoms with Crippen LogP contribution in [-0.2, 0) is 9.53 Å². The van der Waals surface area contributed by atoms with Crippen molar-refractivity contribution in [3.63, 3.8) is 0 Å². The topological polar surface area (TPSA) is 26.3 Å². The van der Waals surface area contributed by atoms with Crippen molar-refractivity contribution in [2.75, 3.05) is 0 Å². The normalized spacial score (nSPS) is 19.7. The van der Waals surface area contributed by atoms with Gasteiger partial charge in [0.2, 0.25) is 0 Å². The van der Waals surface area contributed by atoms with E-state index in [0.717, 1.165) is 18.7 Å². The Hall–Kier alpha value is -0.240. The number of rotatable bonds is 2. The minimum Gasteiger partial charge on any atom is -0.461 e. The average Bonchev–Trinajstić information content (AvgIpc) is 2.06. The Kier molecular flexibility index (Phi) is 3.70. The zero-order valence-corrected chi connectivity index (χ0v) is 7.14. The van der Waals surface area contributed by atoms with E-state index in [2.05, 4.69) is 0 Å². The Balaban J connectivity index is 2.19. The van der Waals surface area contributed by atoms with E-state index >= 15 is 0 Å². The molecule has 0 atom stereocenters. The molecule has 0 saturated heterocycles. The number of halogens is 1. The highest BCUT2D eigenvalue weighted by atomic mass is 35.5. The molecule has 0 bridgehead atoms. The summed E-state index contributed by atoms with van der Waals surface area (Å²) < 4.78 is 5.01. The monoisotopic (exact) mass is 175 g/mol. The molecular weight excluding hydrogens is 164 g/mol. The predicted octanol–water partition coefficient (Wildman–Crippen LogP) is 2.26. The van der Waals surface area contributed by atoms with Gasteiger partial charge in [-0.25, -0.2) is 0 Å². The fourth-order valence-electron chi connectivity index (χ4n) is 1.37. The first kappa shape index (κ1) is 8.85. The van der Waals surface area contributed by atoms with Gasteiger partial charge in [-0.15, -0.1) is 11.6 Å². The van der Waals surface area contributed by atoms with Gasteiger partial charge in [0.05, 0.1) is 0 Å². The number of carbonyl (C=O) groups excluding carboxylic acids is 1. The highest BCUT2D eigenvalue weighted by Crippen LogP contribution is 2.20. The summed E-state index contributed by atoms with van der Waals surface area (Å²) >= 11 is 5.17. The SMILES string of the molecule is O=C([CH]Cl)OC1CCCCC1. The second kappa shape index (κ2) is 4.60. The quantitative estimate of drug-likeness (QED) is 0.602. The third kappa shape index (κ3) is 3.10. The maximum atomic E-state index is 10.7. The van der Waals surface area contributed by atoms with Crippen molar-refractivity contribution < 1.29 is 9.53 Å². The van der Waals surface area contributed by atoms with Crippen LogP contribution in [0.3, 0.4) is 0 Å². The summed E-state index contributed by atoms with van der Waals surface area (Å²) in [4.78, 5) is 10.7. The summed E-state index contributed by atoms with van der Waals surface area (Å²) in [6.07, 6.45) is 5.71. The van der Waals surface area contributed by atoms with Crippen LogP contribution in [-0.4, -0.2) is 12.1 Å². The van der Waals surface area contributed by atoms with E-state index in [9.17, 15) is 4.79 Å². The Labute approximate surface area is 71.9 Å². The summed E-state index contributed by atoms with van der Waals surface area (Å²) in [5, 5.41) is 0. The van der Waals surface area contributed by atoms with Crippen molar-refractivity contribution in [2.24, 2.45) is 0 Å². The second-order valence-corrected chi connectivity index (χ2v) is 3.02. The minimum atomic E-state index is -0.404. The Bertz CT molecular complexity index is 130. The number of hydrogen-bond donors (Lipinski definition) is 0. The number of carbonyl (C=O) groups is 1. The van der Waals surface area contributed by atoms with E-state index in [-0.39, 0.29) is 6.10 Å². The number of esters is 1. The lowest BCUT2D eigenvalue weighted by molar-refractivity contribution is -0.145. The standard InChI is InChI=1S/C8H12ClO2/c9-6-8(10)11-7-4-2-1-3-5-7/h6-7H,1-5H2. The molecule has 1 rings (SSSR count).